The van der Waals surface area contributed by atoms with Crippen molar-refractivity contribution in [2.24, 2.45) is 5.73 Å². The molecule has 0 fully saturated rings. The SMILES string of the molecule is NC(=O)C1=CCn2nccc2N1. The number of nitrogens with zero attached hydrogens (tertiary/aromatic N) is 2. The summed E-state index contributed by atoms with van der Waals surface area (Å²) in [6.07, 6.45) is 3.38. The third kappa shape index (κ3) is 0.952. The summed E-state index contributed by atoms with van der Waals surface area (Å²) in [5, 5.41) is 6.87. The third-order valence-corrected chi connectivity index (χ3v) is 1.71. The molecule has 62 valence electrons. The van der Waals surface area contributed by atoms with E-state index in [4.69, 9.17) is 5.73 Å². The van der Waals surface area contributed by atoms with E-state index < -0.39 is 5.91 Å². The molecule has 0 saturated carbocycles. The first-order chi connectivity index (χ1) is 5.77. The van der Waals surface area contributed by atoms with Gasteiger partial charge in [0, 0.05) is 6.07 Å². The molecule has 5 nitrogen and oxygen atoms in total. The van der Waals surface area contributed by atoms with Crippen LogP contribution in [0.15, 0.2) is 24.0 Å². The minimum atomic E-state index is -0.442. The number of allylic oxidation sites excluding steroid dienone is 1. The fourth-order valence-corrected chi connectivity index (χ4v) is 1.11. The number of fused-ring (bicyclic) bond motifs is 1. The zero-order valence-electron chi connectivity index (χ0n) is 6.32. The molecule has 0 atom stereocenters. The van der Waals surface area contributed by atoms with E-state index in [1.54, 1.807) is 23.0 Å². The lowest BCUT2D eigenvalue weighted by Gasteiger charge is -2.14. The van der Waals surface area contributed by atoms with Gasteiger partial charge in [0.25, 0.3) is 5.91 Å². The zero-order chi connectivity index (χ0) is 8.55. The fourth-order valence-electron chi connectivity index (χ4n) is 1.11. The molecule has 0 unspecified atom stereocenters. The lowest BCUT2D eigenvalue weighted by molar-refractivity contribution is -0.114. The molecule has 1 aromatic rings. The molecule has 0 bridgehead atoms. The molecular formula is C7H8N4O. The largest absolute Gasteiger partial charge is 0.364 e. The number of nitrogens with two attached hydrogens (primary N) is 1. The van der Waals surface area contributed by atoms with Crippen LogP contribution in [-0.4, -0.2) is 15.7 Å². The van der Waals surface area contributed by atoms with Crippen LogP contribution in [0.25, 0.3) is 0 Å². The molecule has 1 aliphatic heterocycles. The Morgan fingerprint density at radius 3 is 3.33 bits per heavy atom. The van der Waals surface area contributed by atoms with Crippen LogP contribution in [-0.2, 0) is 11.3 Å². The van der Waals surface area contributed by atoms with Gasteiger partial charge in [-0.05, 0) is 6.08 Å². The van der Waals surface area contributed by atoms with E-state index in [1.165, 1.54) is 0 Å². The average Bonchev–Trinajstić information content (AvgIpc) is 2.49. The highest BCUT2D eigenvalue weighted by molar-refractivity contribution is 5.95. The Hall–Kier alpha value is -1.78. The first-order valence-corrected chi connectivity index (χ1v) is 3.56. The third-order valence-electron chi connectivity index (χ3n) is 1.71. The Kier molecular flexibility index (Phi) is 1.36. The van der Waals surface area contributed by atoms with Crippen molar-refractivity contribution in [3.63, 3.8) is 0 Å². The van der Waals surface area contributed by atoms with Gasteiger partial charge in [0.1, 0.15) is 11.5 Å². The van der Waals surface area contributed by atoms with Crippen LogP contribution >= 0.6 is 0 Å². The summed E-state index contributed by atoms with van der Waals surface area (Å²) in [4.78, 5) is 10.7. The Bertz CT molecular complexity index is 352. The quantitative estimate of drug-likeness (QED) is 0.597. The number of carbonyl (C=O) groups excluding carboxylic acids is 1. The number of carbonyl (C=O) groups is 1. The number of hydrogen-bond donors (Lipinski definition) is 2. The van der Waals surface area contributed by atoms with Gasteiger partial charge in [-0.3, -0.25) is 4.79 Å². The normalized spacial score (nSPS) is 14.5. The second kappa shape index (κ2) is 2.37. The molecule has 12 heavy (non-hydrogen) atoms. The van der Waals surface area contributed by atoms with Gasteiger partial charge in [-0.25, -0.2) is 4.68 Å². The Labute approximate surface area is 68.9 Å². The van der Waals surface area contributed by atoms with Crippen molar-refractivity contribution in [3.8, 4) is 0 Å². The van der Waals surface area contributed by atoms with Crippen molar-refractivity contribution in [2.75, 3.05) is 5.32 Å². The number of amides is 1. The van der Waals surface area contributed by atoms with Crippen LogP contribution in [0.1, 0.15) is 0 Å². The van der Waals surface area contributed by atoms with E-state index in [0.29, 0.717) is 12.2 Å². The minimum absolute atomic E-state index is 0.433. The number of anilines is 1. The van der Waals surface area contributed by atoms with Gasteiger partial charge in [0.2, 0.25) is 0 Å². The van der Waals surface area contributed by atoms with Crippen LogP contribution in [0.4, 0.5) is 5.82 Å². The molecule has 1 aliphatic rings. The highest BCUT2D eigenvalue weighted by Gasteiger charge is 2.12. The number of nitrogens with one attached hydrogen (secondary N) is 1. The first kappa shape index (κ1) is 6.90. The highest BCUT2D eigenvalue weighted by atomic mass is 16.1. The lowest BCUT2D eigenvalue weighted by atomic mass is 10.3. The average molecular weight is 164 g/mol. The summed E-state index contributed by atoms with van der Waals surface area (Å²) in [6.45, 7) is 0.591. The molecule has 2 heterocycles. The minimum Gasteiger partial charge on any atom is -0.364 e. The van der Waals surface area contributed by atoms with Crippen molar-refractivity contribution in [2.45, 2.75) is 6.54 Å². The number of rotatable bonds is 1. The molecule has 2 rings (SSSR count). The molecule has 3 N–H and O–H groups in total. The summed E-state index contributed by atoms with van der Waals surface area (Å²) >= 11 is 0. The molecular weight excluding hydrogens is 156 g/mol. The van der Waals surface area contributed by atoms with Crippen LogP contribution < -0.4 is 11.1 Å². The van der Waals surface area contributed by atoms with Crippen molar-refractivity contribution >= 4 is 11.7 Å². The molecule has 0 aromatic carbocycles. The van der Waals surface area contributed by atoms with Gasteiger partial charge in [0.05, 0.1) is 12.7 Å². The lowest BCUT2D eigenvalue weighted by Crippen LogP contribution is -2.24. The van der Waals surface area contributed by atoms with Crippen molar-refractivity contribution in [1.82, 2.24) is 9.78 Å². The topological polar surface area (TPSA) is 72.9 Å². The monoisotopic (exact) mass is 164 g/mol. The van der Waals surface area contributed by atoms with Gasteiger partial charge in [-0.15, -0.1) is 0 Å². The fraction of sp³-hybridized carbons (Fsp3) is 0.143. The van der Waals surface area contributed by atoms with Gasteiger partial charge >= 0.3 is 0 Å². The Morgan fingerprint density at radius 1 is 1.75 bits per heavy atom. The van der Waals surface area contributed by atoms with Crippen LogP contribution in [0, 0.1) is 0 Å². The van der Waals surface area contributed by atoms with E-state index in [9.17, 15) is 4.79 Å². The van der Waals surface area contributed by atoms with Gasteiger partial charge in [-0.2, -0.15) is 5.10 Å². The summed E-state index contributed by atoms with van der Waals surface area (Å²) in [6, 6.07) is 1.79. The van der Waals surface area contributed by atoms with E-state index in [2.05, 4.69) is 10.4 Å². The van der Waals surface area contributed by atoms with Crippen LogP contribution in [0.3, 0.4) is 0 Å². The Morgan fingerprint density at radius 2 is 2.58 bits per heavy atom. The number of aromatic nitrogens is 2. The second-order valence-corrected chi connectivity index (χ2v) is 2.51. The summed E-state index contributed by atoms with van der Waals surface area (Å²) in [5.41, 5.74) is 5.53. The van der Waals surface area contributed by atoms with Crippen molar-refractivity contribution in [3.05, 3.63) is 24.0 Å². The molecule has 5 heteroatoms. The summed E-state index contributed by atoms with van der Waals surface area (Å²) in [5.74, 6) is 0.355. The van der Waals surface area contributed by atoms with E-state index >= 15 is 0 Å². The first-order valence-electron chi connectivity index (χ1n) is 3.56. The summed E-state index contributed by atoms with van der Waals surface area (Å²) < 4.78 is 1.74. The van der Waals surface area contributed by atoms with Crippen LogP contribution in [0.5, 0.6) is 0 Å². The molecule has 0 aliphatic carbocycles. The molecule has 0 radical (unpaired) electrons. The molecule has 1 aromatic heterocycles. The van der Waals surface area contributed by atoms with Crippen molar-refractivity contribution in [1.29, 1.82) is 0 Å². The van der Waals surface area contributed by atoms with Crippen LogP contribution in [0.2, 0.25) is 0 Å². The Balaban J connectivity index is 2.29. The molecule has 0 spiro atoms. The zero-order valence-corrected chi connectivity index (χ0v) is 6.32. The standard InChI is InChI=1S/C7H8N4O/c8-7(12)5-2-4-11-6(10-5)1-3-9-11/h1-3,10H,4H2,(H2,8,12). The summed E-state index contributed by atoms with van der Waals surface area (Å²) in [7, 11) is 0. The molecule has 0 saturated heterocycles. The van der Waals surface area contributed by atoms with Gasteiger partial charge < -0.3 is 11.1 Å². The smallest absolute Gasteiger partial charge is 0.264 e. The predicted octanol–water partition coefficient (Wildman–Crippen LogP) is -0.322. The maximum absolute atomic E-state index is 10.7. The maximum Gasteiger partial charge on any atom is 0.264 e. The van der Waals surface area contributed by atoms with E-state index in [-0.39, 0.29) is 0 Å². The maximum atomic E-state index is 10.7. The molecule has 1 amide bonds. The highest BCUT2D eigenvalue weighted by Crippen LogP contribution is 2.14. The van der Waals surface area contributed by atoms with Gasteiger partial charge in [0.15, 0.2) is 0 Å². The van der Waals surface area contributed by atoms with Gasteiger partial charge in [-0.1, -0.05) is 0 Å². The second-order valence-electron chi connectivity index (χ2n) is 2.51. The van der Waals surface area contributed by atoms with Crippen molar-refractivity contribution < 1.29 is 4.79 Å². The predicted molar refractivity (Wildman–Crippen MR) is 43.1 cm³/mol. The number of hydrogen-bond acceptors (Lipinski definition) is 3. The van der Waals surface area contributed by atoms with E-state index in [1.807, 2.05) is 0 Å². The number of primary amides is 1. The van der Waals surface area contributed by atoms with E-state index in [0.717, 1.165) is 5.82 Å².